The molecule has 2 heterocycles. The third kappa shape index (κ3) is 3.98. The third-order valence-electron chi connectivity index (χ3n) is 5.69. The number of aliphatic carboxylic acids is 1. The van der Waals surface area contributed by atoms with Crippen LogP contribution in [0.2, 0.25) is 0 Å². The first-order valence-corrected chi connectivity index (χ1v) is 9.22. The van der Waals surface area contributed by atoms with E-state index in [0.29, 0.717) is 43.9 Å². The molecular weight excluding hydrogens is 350 g/mol. The van der Waals surface area contributed by atoms with Gasteiger partial charge in [0, 0.05) is 44.0 Å². The number of fused-ring (bicyclic) bond motifs is 1. The zero-order valence-electron chi connectivity index (χ0n) is 15.5. The van der Waals surface area contributed by atoms with Crippen molar-refractivity contribution in [3.8, 4) is 5.75 Å². The summed E-state index contributed by atoms with van der Waals surface area (Å²) in [6, 6.07) is 6.89. The zero-order chi connectivity index (χ0) is 19.4. The molecular formula is C20H25NO6. The quantitative estimate of drug-likeness (QED) is 0.733. The number of methoxy groups -OCH3 is 1. The van der Waals surface area contributed by atoms with Crippen LogP contribution in [0, 0.1) is 11.3 Å². The molecule has 7 heteroatoms. The molecule has 0 radical (unpaired) electrons. The highest BCUT2D eigenvalue weighted by atomic mass is 16.5. The molecule has 2 aliphatic rings. The van der Waals surface area contributed by atoms with E-state index in [4.69, 9.17) is 9.47 Å². The van der Waals surface area contributed by atoms with E-state index < -0.39 is 11.4 Å². The summed E-state index contributed by atoms with van der Waals surface area (Å²) in [6.07, 6.45) is 1.40. The molecule has 0 unspecified atom stereocenters. The number of hydrogen-bond donors (Lipinski definition) is 1. The smallest absolute Gasteiger partial charge is 0.311 e. The van der Waals surface area contributed by atoms with Gasteiger partial charge < -0.3 is 19.5 Å². The van der Waals surface area contributed by atoms with Crippen LogP contribution in [0.4, 0.5) is 0 Å². The molecule has 0 spiro atoms. The summed E-state index contributed by atoms with van der Waals surface area (Å²) < 4.78 is 10.5. The molecule has 3 rings (SSSR count). The number of carboxylic acid groups (broad SMARTS) is 1. The second-order valence-electron chi connectivity index (χ2n) is 7.26. The topological polar surface area (TPSA) is 93.1 Å². The van der Waals surface area contributed by atoms with Crippen molar-refractivity contribution in [2.75, 3.05) is 33.4 Å². The van der Waals surface area contributed by atoms with Crippen LogP contribution >= 0.6 is 0 Å². The van der Waals surface area contributed by atoms with Crippen molar-refractivity contribution in [2.24, 2.45) is 11.3 Å². The monoisotopic (exact) mass is 375 g/mol. The third-order valence-corrected chi connectivity index (χ3v) is 5.69. The van der Waals surface area contributed by atoms with Gasteiger partial charge in [-0.05, 0) is 37.1 Å². The van der Waals surface area contributed by atoms with Crippen LogP contribution in [0.1, 0.15) is 36.0 Å². The highest BCUT2D eigenvalue weighted by molar-refractivity contribution is 5.96. The van der Waals surface area contributed by atoms with Crippen molar-refractivity contribution in [1.82, 2.24) is 4.90 Å². The Hall–Kier alpha value is -2.41. The first-order valence-electron chi connectivity index (χ1n) is 9.22. The molecule has 2 saturated heterocycles. The number of Topliss-reactive ketones (excluding diaryl/α,β-unsaturated/α-hetero) is 1. The first-order chi connectivity index (χ1) is 13.0. The molecule has 27 heavy (non-hydrogen) atoms. The van der Waals surface area contributed by atoms with Crippen LogP contribution in [0.15, 0.2) is 24.3 Å². The summed E-state index contributed by atoms with van der Waals surface area (Å²) in [4.78, 5) is 38.2. The summed E-state index contributed by atoms with van der Waals surface area (Å²) in [5, 5.41) is 9.66. The van der Waals surface area contributed by atoms with Gasteiger partial charge in [-0.25, -0.2) is 0 Å². The van der Waals surface area contributed by atoms with E-state index in [0.717, 1.165) is 0 Å². The molecule has 0 aliphatic carbocycles. The lowest BCUT2D eigenvalue weighted by molar-refractivity contribution is -0.157. The number of nitrogens with zero attached hydrogens (tertiary/aromatic N) is 1. The molecule has 2 aliphatic heterocycles. The van der Waals surface area contributed by atoms with Crippen molar-refractivity contribution >= 4 is 17.7 Å². The minimum absolute atomic E-state index is 0.0176. The van der Waals surface area contributed by atoms with E-state index in [1.54, 1.807) is 36.3 Å². The molecule has 1 N–H and O–H groups in total. The van der Waals surface area contributed by atoms with Crippen LogP contribution in [-0.2, 0) is 14.3 Å². The number of hydrogen-bond acceptors (Lipinski definition) is 5. The summed E-state index contributed by atoms with van der Waals surface area (Å²) in [5.74, 6) is -0.425. The summed E-state index contributed by atoms with van der Waals surface area (Å²) in [5.41, 5.74) is -0.287. The first kappa shape index (κ1) is 19.4. The number of ether oxygens (including phenoxy) is 2. The minimum atomic E-state index is -0.882. The van der Waals surface area contributed by atoms with Gasteiger partial charge in [0.05, 0.1) is 19.1 Å². The maximum atomic E-state index is 12.5. The lowest BCUT2D eigenvalue weighted by atomic mass is 9.74. The SMILES string of the molecule is COc1ccc(C(=O)CCCC(=O)N2C[C@H]3COCC[C@@]3(C(=O)O)C2)cc1. The number of ketones is 1. The number of benzene rings is 1. The van der Waals surface area contributed by atoms with E-state index >= 15 is 0 Å². The van der Waals surface area contributed by atoms with Crippen molar-refractivity contribution in [1.29, 1.82) is 0 Å². The summed E-state index contributed by atoms with van der Waals surface area (Å²) >= 11 is 0. The Labute approximate surface area is 158 Å². The number of amides is 1. The lowest BCUT2D eigenvalue weighted by Crippen LogP contribution is -2.45. The van der Waals surface area contributed by atoms with Gasteiger partial charge in [0.2, 0.25) is 5.91 Å². The lowest BCUT2D eigenvalue weighted by Gasteiger charge is -2.33. The van der Waals surface area contributed by atoms with Gasteiger partial charge >= 0.3 is 5.97 Å². The highest BCUT2D eigenvalue weighted by Crippen LogP contribution is 2.42. The Morgan fingerprint density at radius 3 is 2.63 bits per heavy atom. The Morgan fingerprint density at radius 2 is 2.00 bits per heavy atom. The number of likely N-dealkylation sites (tertiary alicyclic amines) is 1. The molecule has 0 saturated carbocycles. The second kappa shape index (κ2) is 8.08. The fraction of sp³-hybridized carbons (Fsp3) is 0.550. The predicted molar refractivity (Wildman–Crippen MR) is 96.8 cm³/mol. The van der Waals surface area contributed by atoms with Gasteiger partial charge in [-0.15, -0.1) is 0 Å². The molecule has 2 fully saturated rings. The van der Waals surface area contributed by atoms with Crippen molar-refractivity contribution in [3.63, 3.8) is 0 Å². The van der Waals surface area contributed by atoms with Crippen molar-refractivity contribution in [3.05, 3.63) is 29.8 Å². The van der Waals surface area contributed by atoms with Gasteiger partial charge in [-0.3, -0.25) is 14.4 Å². The molecule has 1 aromatic carbocycles. The van der Waals surface area contributed by atoms with Crippen molar-refractivity contribution < 1.29 is 29.0 Å². The maximum Gasteiger partial charge on any atom is 0.311 e. The average molecular weight is 375 g/mol. The standard InChI is InChI=1S/C20H25NO6/c1-26-16-7-5-14(6-8-16)17(22)3-2-4-18(23)21-11-15-12-27-10-9-20(15,13-21)19(24)25/h5-8,15H,2-4,9-13H2,1H3,(H,24,25)/t15-,20+/m0/s1. The second-order valence-corrected chi connectivity index (χ2v) is 7.26. The van der Waals surface area contributed by atoms with E-state index in [1.807, 2.05) is 0 Å². The largest absolute Gasteiger partial charge is 0.497 e. The molecule has 0 aromatic heterocycles. The fourth-order valence-corrected chi connectivity index (χ4v) is 3.97. The maximum absolute atomic E-state index is 12.5. The summed E-state index contributed by atoms with van der Waals surface area (Å²) in [6.45, 7) is 1.45. The van der Waals surface area contributed by atoms with Gasteiger partial charge in [0.15, 0.2) is 5.78 Å². The molecule has 1 aromatic rings. The Kier molecular flexibility index (Phi) is 5.79. The number of carboxylic acids is 1. The van der Waals surface area contributed by atoms with E-state index in [2.05, 4.69) is 0 Å². The fourth-order valence-electron chi connectivity index (χ4n) is 3.97. The Morgan fingerprint density at radius 1 is 1.26 bits per heavy atom. The van der Waals surface area contributed by atoms with Gasteiger partial charge in [-0.1, -0.05) is 0 Å². The average Bonchev–Trinajstić information content (AvgIpc) is 3.09. The molecule has 1 amide bonds. The number of carbonyl (C=O) groups is 3. The predicted octanol–water partition coefficient (Wildman–Crippen LogP) is 2.00. The number of rotatable bonds is 7. The van der Waals surface area contributed by atoms with Crippen LogP contribution in [0.5, 0.6) is 5.75 Å². The van der Waals surface area contributed by atoms with Crippen LogP contribution in [0.3, 0.4) is 0 Å². The van der Waals surface area contributed by atoms with E-state index in [-0.39, 0.29) is 37.0 Å². The zero-order valence-corrected chi connectivity index (χ0v) is 15.5. The minimum Gasteiger partial charge on any atom is -0.497 e. The van der Waals surface area contributed by atoms with Gasteiger partial charge in [0.1, 0.15) is 5.75 Å². The van der Waals surface area contributed by atoms with Crippen molar-refractivity contribution in [2.45, 2.75) is 25.7 Å². The van der Waals surface area contributed by atoms with Crippen LogP contribution in [0.25, 0.3) is 0 Å². The van der Waals surface area contributed by atoms with E-state index in [1.165, 1.54) is 0 Å². The molecule has 146 valence electrons. The summed E-state index contributed by atoms with van der Waals surface area (Å²) in [7, 11) is 1.57. The number of carbonyl (C=O) groups excluding carboxylic acids is 2. The normalized spacial score (nSPS) is 24.3. The molecule has 7 nitrogen and oxygen atoms in total. The van der Waals surface area contributed by atoms with Crippen LogP contribution in [-0.4, -0.2) is 61.1 Å². The van der Waals surface area contributed by atoms with Gasteiger partial charge in [0.25, 0.3) is 0 Å². The highest BCUT2D eigenvalue weighted by Gasteiger charge is 2.54. The Bertz CT molecular complexity index is 716. The van der Waals surface area contributed by atoms with E-state index in [9.17, 15) is 19.5 Å². The Balaban J connectivity index is 1.51. The van der Waals surface area contributed by atoms with Gasteiger partial charge in [-0.2, -0.15) is 0 Å². The molecule has 0 bridgehead atoms. The molecule has 2 atom stereocenters. The van der Waals surface area contributed by atoms with Crippen LogP contribution < -0.4 is 4.74 Å².